The van der Waals surface area contributed by atoms with Crippen molar-refractivity contribution in [3.05, 3.63) is 40.1 Å². The number of nitrogens with zero attached hydrogens (tertiary/aromatic N) is 3. The average Bonchev–Trinajstić information content (AvgIpc) is 2.70. The summed E-state index contributed by atoms with van der Waals surface area (Å²) in [4.78, 5) is 0. The fourth-order valence-electron chi connectivity index (χ4n) is 1.73. The van der Waals surface area contributed by atoms with Crippen LogP contribution in [0.1, 0.15) is 24.4 Å². The molecule has 0 aliphatic carbocycles. The number of halogens is 1. The van der Waals surface area contributed by atoms with E-state index in [1.165, 1.54) is 0 Å². The van der Waals surface area contributed by atoms with E-state index in [0.29, 0.717) is 0 Å². The second-order valence-corrected chi connectivity index (χ2v) is 4.88. The van der Waals surface area contributed by atoms with E-state index in [2.05, 4.69) is 38.5 Å². The molecule has 0 saturated heterocycles. The first-order valence-electron chi connectivity index (χ1n) is 5.49. The van der Waals surface area contributed by atoms with E-state index in [1.54, 1.807) is 0 Å². The van der Waals surface area contributed by atoms with Crippen LogP contribution in [0.25, 0.3) is 5.69 Å². The molecular formula is C12H15BrN4. The van der Waals surface area contributed by atoms with Crippen molar-refractivity contribution in [3.8, 4) is 5.69 Å². The maximum Gasteiger partial charge on any atom is 0.103 e. The van der Waals surface area contributed by atoms with Crippen LogP contribution in [-0.2, 0) is 0 Å². The molecule has 90 valence electrons. The maximum absolute atomic E-state index is 4.23. The van der Waals surface area contributed by atoms with Crippen LogP contribution in [0, 0.1) is 6.92 Å². The lowest BCUT2D eigenvalue weighted by molar-refractivity contribution is 0.627. The monoisotopic (exact) mass is 294 g/mol. The molecule has 0 bridgehead atoms. The van der Waals surface area contributed by atoms with E-state index in [-0.39, 0.29) is 6.04 Å². The number of hydrogen-bond acceptors (Lipinski definition) is 3. The van der Waals surface area contributed by atoms with Crippen molar-refractivity contribution >= 4 is 15.9 Å². The van der Waals surface area contributed by atoms with Gasteiger partial charge in [-0.2, -0.15) is 0 Å². The van der Waals surface area contributed by atoms with Gasteiger partial charge in [0.15, 0.2) is 0 Å². The quantitative estimate of drug-likeness (QED) is 0.946. The van der Waals surface area contributed by atoms with Crippen LogP contribution in [0.2, 0.25) is 0 Å². The Morgan fingerprint density at radius 2 is 2.18 bits per heavy atom. The van der Waals surface area contributed by atoms with Gasteiger partial charge < -0.3 is 5.32 Å². The normalized spacial score (nSPS) is 12.7. The van der Waals surface area contributed by atoms with Crippen molar-refractivity contribution in [2.24, 2.45) is 0 Å². The Morgan fingerprint density at radius 3 is 2.82 bits per heavy atom. The number of nitrogens with one attached hydrogen (secondary N) is 1. The summed E-state index contributed by atoms with van der Waals surface area (Å²) >= 11 is 3.46. The Labute approximate surface area is 109 Å². The molecule has 1 atom stereocenters. The molecule has 0 aliphatic heterocycles. The Kier molecular flexibility index (Phi) is 3.59. The third-order valence-corrected chi connectivity index (χ3v) is 3.32. The first-order valence-corrected chi connectivity index (χ1v) is 6.28. The zero-order valence-electron chi connectivity index (χ0n) is 10.1. The topological polar surface area (TPSA) is 42.7 Å². The molecule has 0 amide bonds. The Balaban J connectivity index is 2.44. The molecule has 2 rings (SSSR count). The molecule has 1 aromatic carbocycles. The van der Waals surface area contributed by atoms with Gasteiger partial charge in [-0.25, -0.2) is 4.68 Å². The van der Waals surface area contributed by atoms with Crippen LogP contribution >= 0.6 is 15.9 Å². The van der Waals surface area contributed by atoms with Gasteiger partial charge in [0.1, 0.15) is 5.69 Å². The Hall–Kier alpha value is -1.20. The molecule has 2 aromatic rings. The predicted molar refractivity (Wildman–Crippen MR) is 71.3 cm³/mol. The van der Waals surface area contributed by atoms with Gasteiger partial charge in [-0.05, 0) is 39.1 Å². The van der Waals surface area contributed by atoms with Gasteiger partial charge in [0.05, 0.1) is 17.4 Å². The van der Waals surface area contributed by atoms with E-state index in [0.717, 1.165) is 21.5 Å². The standard InChI is InChI=1S/C12H15BrN4/c1-8(14-3)12-9(2)17(16-15-12)11-6-4-5-10(13)7-11/h4-8,14H,1-3H3. The lowest BCUT2D eigenvalue weighted by atomic mass is 10.2. The molecule has 1 unspecified atom stereocenters. The van der Waals surface area contributed by atoms with Crippen LogP contribution in [-0.4, -0.2) is 22.0 Å². The zero-order chi connectivity index (χ0) is 12.4. The van der Waals surface area contributed by atoms with Gasteiger partial charge in [0.2, 0.25) is 0 Å². The molecule has 1 heterocycles. The van der Waals surface area contributed by atoms with Gasteiger partial charge in [-0.1, -0.05) is 27.2 Å². The molecule has 0 fully saturated rings. The molecule has 0 radical (unpaired) electrons. The second-order valence-electron chi connectivity index (χ2n) is 3.96. The summed E-state index contributed by atoms with van der Waals surface area (Å²) in [5.41, 5.74) is 3.05. The van der Waals surface area contributed by atoms with E-state index in [9.17, 15) is 0 Å². The van der Waals surface area contributed by atoms with Crippen LogP contribution < -0.4 is 5.32 Å². The summed E-state index contributed by atoms with van der Waals surface area (Å²) in [5.74, 6) is 0. The van der Waals surface area contributed by atoms with Crippen LogP contribution in [0.3, 0.4) is 0 Å². The van der Waals surface area contributed by atoms with Crippen molar-refractivity contribution in [3.63, 3.8) is 0 Å². The van der Waals surface area contributed by atoms with Crippen molar-refractivity contribution < 1.29 is 0 Å². The van der Waals surface area contributed by atoms with Gasteiger partial charge in [0.25, 0.3) is 0 Å². The Bertz CT molecular complexity index is 521. The minimum Gasteiger partial charge on any atom is -0.312 e. The van der Waals surface area contributed by atoms with Gasteiger partial charge in [0, 0.05) is 4.47 Å². The molecule has 4 nitrogen and oxygen atoms in total. The van der Waals surface area contributed by atoms with Gasteiger partial charge >= 0.3 is 0 Å². The first-order chi connectivity index (χ1) is 8.13. The van der Waals surface area contributed by atoms with Crippen molar-refractivity contribution in [1.82, 2.24) is 20.3 Å². The lowest BCUT2D eigenvalue weighted by Gasteiger charge is -2.08. The van der Waals surface area contributed by atoms with Crippen molar-refractivity contribution in [2.75, 3.05) is 7.05 Å². The van der Waals surface area contributed by atoms with E-state index < -0.39 is 0 Å². The smallest absolute Gasteiger partial charge is 0.103 e. The predicted octanol–water partition coefficient (Wildman–Crippen LogP) is 2.62. The summed E-state index contributed by atoms with van der Waals surface area (Å²) in [6.45, 7) is 4.10. The highest BCUT2D eigenvalue weighted by Crippen LogP contribution is 2.19. The van der Waals surface area contributed by atoms with Gasteiger partial charge in [-0.15, -0.1) is 5.10 Å². The largest absolute Gasteiger partial charge is 0.312 e. The fraction of sp³-hybridized carbons (Fsp3) is 0.333. The molecular weight excluding hydrogens is 280 g/mol. The third-order valence-electron chi connectivity index (χ3n) is 2.83. The van der Waals surface area contributed by atoms with E-state index in [4.69, 9.17) is 0 Å². The number of aromatic nitrogens is 3. The van der Waals surface area contributed by atoms with Crippen LogP contribution in [0.4, 0.5) is 0 Å². The third kappa shape index (κ3) is 2.40. The SMILES string of the molecule is CNC(C)c1nnn(-c2cccc(Br)c2)c1C. The summed E-state index contributed by atoms with van der Waals surface area (Å²) < 4.78 is 2.89. The number of benzene rings is 1. The summed E-state index contributed by atoms with van der Waals surface area (Å²) in [6, 6.07) is 8.22. The highest BCUT2D eigenvalue weighted by atomic mass is 79.9. The lowest BCUT2D eigenvalue weighted by Crippen LogP contribution is -2.14. The molecule has 17 heavy (non-hydrogen) atoms. The maximum atomic E-state index is 4.23. The molecule has 0 aliphatic rings. The van der Waals surface area contributed by atoms with Crippen molar-refractivity contribution in [1.29, 1.82) is 0 Å². The highest BCUT2D eigenvalue weighted by molar-refractivity contribution is 9.10. The minimum absolute atomic E-state index is 0.205. The van der Waals surface area contributed by atoms with Gasteiger partial charge in [-0.3, -0.25) is 0 Å². The molecule has 1 aromatic heterocycles. The summed E-state index contributed by atoms with van der Waals surface area (Å²) in [7, 11) is 1.92. The zero-order valence-corrected chi connectivity index (χ0v) is 11.7. The molecule has 1 N–H and O–H groups in total. The first kappa shape index (κ1) is 12.3. The summed E-state index contributed by atoms with van der Waals surface area (Å²) in [5, 5.41) is 11.6. The number of rotatable bonds is 3. The van der Waals surface area contributed by atoms with Crippen LogP contribution in [0.15, 0.2) is 28.7 Å². The van der Waals surface area contributed by atoms with Crippen LogP contribution in [0.5, 0.6) is 0 Å². The molecule has 0 spiro atoms. The second kappa shape index (κ2) is 4.98. The van der Waals surface area contributed by atoms with E-state index >= 15 is 0 Å². The molecule has 5 heteroatoms. The fourth-order valence-corrected chi connectivity index (χ4v) is 2.12. The highest BCUT2D eigenvalue weighted by Gasteiger charge is 2.14. The van der Waals surface area contributed by atoms with E-state index in [1.807, 2.05) is 42.9 Å². The minimum atomic E-state index is 0.205. The average molecular weight is 295 g/mol. The van der Waals surface area contributed by atoms with Crippen molar-refractivity contribution in [2.45, 2.75) is 19.9 Å². The molecule has 0 saturated carbocycles. The number of hydrogen-bond donors (Lipinski definition) is 1. The Morgan fingerprint density at radius 1 is 1.41 bits per heavy atom. The summed E-state index contributed by atoms with van der Waals surface area (Å²) in [6.07, 6.45) is 0.